The molecule has 0 aliphatic carbocycles. The first kappa shape index (κ1) is 20.6. The fraction of sp³-hybridized carbons (Fsp3) is 0.130. The Morgan fingerprint density at radius 2 is 1.90 bits per heavy atom. The summed E-state index contributed by atoms with van der Waals surface area (Å²) in [6.07, 6.45) is 1.47. The number of aliphatic hydroxyl groups is 1. The summed E-state index contributed by atoms with van der Waals surface area (Å²) in [6, 6.07) is 13.1. The molecule has 2 aromatic carbocycles. The van der Waals surface area contributed by atoms with E-state index in [1.54, 1.807) is 36.4 Å². The average Bonchev–Trinajstić information content (AvgIpc) is 3.36. The molecule has 31 heavy (non-hydrogen) atoms. The molecule has 1 atom stereocenters. The predicted molar refractivity (Wildman–Crippen MR) is 113 cm³/mol. The number of amides is 1. The van der Waals surface area contributed by atoms with Crippen molar-refractivity contribution in [2.24, 2.45) is 0 Å². The normalized spacial score (nSPS) is 17.9. The van der Waals surface area contributed by atoms with Crippen molar-refractivity contribution in [1.29, 1.82) is 0 Å². The number of phenols is 1. The van der Waals surface area contributed by atoms with Gasteiger partial charge >= 0.3 is 0 Å². The van der Waals surface area contributed by atoms with Gasteiger partial charge in [-0.25, -0.2) is 0 Å². The van der Waals surface area contributed by atoms with Crippen LogP contribution in [0, 0.1) is 0 Å². The molecule has 0 radical (unpaired) electrons. The number of carbonyl (C=O) groups is 2. The van der Waals surface area contributed by atoms with Crippen LogP contribution in [-0.4, -0.2) is 33.9 Å². The van der Waals surface area contributed by atoms with Crippen LogP contribution in [-0.2, 0) is 16.1 Å². The molecule has 7 nitrogen and oxygen atoms in total. The number of halogens is 1. The third-order valence-corrected chi connectivity index (χ3v) is 5.38. The summed E-state index contributed by atoms with van der Waals surface area (Å²) in [6.45, 7) is 0.0310. The maximum atomic E-state index is 13.0. The Bertz CT molecular complexity index is 1170. The Balaban J connectivity index is 1.86. The van der Waals surface area contributed by atoms with Gasteiger partial charge in [0.15, 0.2) is 0 Å². The van der Waals surface area contributed by atoms with Gasteiger partial charge in [-0.15, -0.1) is 0 Å². The van der Waals surface area contributed by atoms with Crippen LogP contribution in [0.5, 0.6) is 11.5 Å². The fourth-order valence-corrected chi connectivity index (χ4v) is 3.84. The minimum Gasteiger partial charge on any atom is -0.508 e. The van der Waals surface area contributed by atoms with Gasteiger partial charge in [-0.1, -0.05) is 23.7 Å². The Kier molecular flexibility index (Phi) is 5.44. The highest BCUT2D eigenvalue weighted by Crippen LogP contribution is 2.41. The molecule has 0 spiro atoms. The van der Waals surface area contributed by atoms with Crippen LogP contribution in [0.2, 0.25) is 5.02 Å². The second-order valence-corrected chi connectivity index (χ2v) is 7.35. The Hall–Kier alpha value is -3.71. The molecule has 1 aromatic heterocycles. The lowest BCUT2D eigenvalue weighted by molar-refractivity contribution is -0.140. The molecule has 4 rings (SSSR count). The van der Waals surface area contributed by atoms with Crippen LogP contribution in [0.15, 0.2) is 70.9 Å². The number of phenolic OH excluding ortho intramolecular Hbond substituents is 1. The van der Waals surface area contributed by atoms with Crippen molar-refractivity contribution in [1.82, 2.24) is 4.90 Å². The predicted octanol–water partition coefficient (Wildman–Crippen LogP) is 4.27. The number of likely N-dealkylation sites (tertiary alicyclic amines) is 1. The van der Waals surface area contributed by atoms with Gasteiger partial charge in [0.2, 0.25) is 0 Å². The summed E-state index contributed by atoms with van der Waals surface area (Å²) in [7, 11) is 1.46. The summed E-state index contributed by atoms with van der Waals surface area (Å²) in [5, 5.41) is 20.9. The molecule has 3 aromatic rings. The van der Waals surface area contributed by atoms with E-state index in [1.807, 2.05) is 0 Å². The number of rotatable bonds is 5. The zero-order valence-electron chi connectivity index (χ0n) is 16.4. The van der Waals surface area contributed by atoms with Gasteiger partial charge in [0.1, 0.15) is 23.0 Å². The van der Waals surface area contributed by atoms with Crippen LogP contribution in [0.25, 0.3) is 5.76 Å². The summed E-state index contributed by atoms with van der Waals surface area (Å²) < 4.78 is 10.5. The van der Waals surface area contributed by atoms with Crippen molar-refractivity contribution in [3.05, 3.63) is 88.3 Å². The first-order valence-electron chi connectivity index (χ1n) is 9.34. The molecule has 2 heterocycles. The molecule has 1 fully saturated rings. The minimum atomic E-state index is -0.883. The topological polar surface area (TPSA) is 100 Å². The Morgan fingerprint density at radius 3 is 2.52 bits per heavy atom. The highest BCUT2D eigenvalue weighted by Gasteiger charge is 2.46. The maximum Gasteiger partial charge on any atom is 0.296 e. The first-order valence-corrected chi connectivity index (χ1v) is 9.72. The summed E-state index contributed by atoms with van der Waals surface area (Å²) in [5.41, 5.74) is 0.735. The second-order valence-electron chi connectivity index (χ2n) is 6.95. The number of Topliss-reactive ketones (excluding diaryl/α,β-unsaturated/α-hetero) is 1. The van der Waals surface area contributed by atoms with Crippen molar-refractivity contribution < 1.29 is 29.0 Å². The number of aromatic hydroxyl groups is 1. The van der Waals surface area contributed by atoms with E-state index in [9.17, 15) is 19.8 Å². The molecule has 1 unspecified atom stereocenters. The lowest BCUT2D eigenvalue weighted by Crippen LogP contribution is -2.29. The third kappa shape index (κ3) is 3.75. The lowest BCUT2D eigenvalue weighted by Gasteiger charge is -2.24. The number of aliphatic hydroxyl groups excluding tert-OH is 1. The van der Waals surface area contributed by atoms with Crippen LogP contribution in [0.3, 0.4) is 0 Å². The molecular formula is C23H18ClNO6. The second kappa shape index (κ2) is 8.20. The van der Waals surface area contributed by atoms with E-state index < -0.39 is 17.7 Å². The Labute approximate surface area is 182 Å². The van der Waals surface area contributed by atoms with E-state index in [2.05, 4.69) is 0 Å². The number of hydrogen-bond donors (Lipinski definition) is 2. The standard InChI is InChI=1S/C23H18ClNO6/c1-30-18-9-6-14(11-17(18)24)21(27)19-20(13-4-7-15(26)8-5-13)25(23(29)22(19)28)12-16-3-2-10-31-16/h2-11,20,26-27H,12H2,1H3/b21-19-. The van der Waals surface area contributed by atoms with Gasteiger partial charge in [0.25, 0.3) is 11.7 Å². The van der Waals surface area contributed by atoms with E-state index in [0.717, 1.165) is 0 Å². The van der Waals surface area contributed by atoms with Crippen LogP contribution in [0.1, 0.15) is 22.9 Å². The number of hydrogen-bond acceptors (Lipinski definition) is 6. The first-order chi connectivity index (χ1) is 14.9. The SMILES string of the molecule is COc1ccc(/C(O)=C2/C(=O)C(=O)N(Cc3ccco3)C2c2ccc(O)cc2)cc1Cl. The zero-order chi connectivity index (χ0) is 22.1. The van der Waals surface area contributed by atoms with Crippen molar-refractivity contribution in [2.75, 3.05) is 7.11 Å². The zero-order valence-corrected chi connectivity index (χ0v) is 17.2. The smallest absolute Gasteiger partial charge is 0.296 e. The van der Waals surface area contributed by atoms with E-state index in [4.69, 9.17) is 20.8 Å². The molecule has 1 aliphatic rings. The van der Waals surface area contributed by atoms with Gasteiger partial charge in [-0.3, -0.25) is 9.59 Å². The molecule has 158 valence electrons. The van der Waals surface area contributed by atoms with Crippen molar-refractivity contribution in [3.63, 3.8) is 0 Å². The van der Waals surface area contributed by atoms with E-state index in [0.29, 0.717) is 17.1 Å². The number of ketones is 1. The fourth-order valence-electron chi connectivity index (χ4n) is 3.59. The molecular weight excluding hydrogens is 422 g/mol. The van der Waals surface area contributed by atoms with Gasteiger partial charge in [0, 0.05) is 5.56 Å². The van der Waals surface area contributed by atoms with Crippen molar-refractivity contribution in [2.45, 2.75) is 12.6 Å². The monoisotopic (exact) mass is 439 g/mol. The number of carbonyl (C=O) groups excluding carboxylic acids is 2. The highest BCUT2D eigenvalue weighted by atomic mass is 35.5. The molecule has 1 aliphatic heterocycles. The summed E-state index contributed by atoms with van der Waals surface area (Å²) in [5.74, 6) is -1.02. The van der Waals surface area contributed by atoms with Gasteiger partial charge in [0.05, 0.1) is 36.6 Å². The average molecular weight is 440 g/mol. The summed E-state index contributed by atoms with van der Waals surface area (Å²) in [4.78, 5) is 27.2. The minimum absolute atomic E-state index is 0.0310. The number of methoxy groups -OCH3 is 1. The van der Waals surface area contributed by atoms with E-state index in [1.165, 1.54) is 36.5 Å². The molecule has 1 saturated heterocycles. The molecule has 1 amide bonds. The summed E-state index contributed by atoms with van der Waals surface area (Å²) >= 11 is 6.18. The third-order valence-electron chi connectivity index (χ3n) is 5.08. The van der Waals surface area contributed by atoms with Crippen LogP contribution in [0.4, 0.5) is 0 Å². The number of furan rings is 1. The Morgan fingerprint density at radius 1 is 1.16 bits per heavy atom. The highest BCUT2D eigenvalue weighted by molar-refractivity contribution is 6.46. The molecule has 0 saturated carbocycles. The van der Waals surface area contributed by atoms with E-state index >= 15 is 0 Å². The van der Waals surface area contributed by atoms with Crippen LogP contribution >= 0.6 is 11.6 Å². The largest absolute Gasteiger partial charge is 0.508 e. The number of nitrogens with zero attached hydrogens (tertiary/aromatic N) is 1. The molecule has 2 N–H and O–H groups in total. The molecule has 0 bridgehead atoms. The molecule has 8 heteroatoms. The number of ether oxygens (including phenoxy) is 1. The van der Waals surface area contributed by atoms with Gasteiger partial charge in [-0.05, 0) is 48.0 Å². The van der Waals surface area contributed by atoms with Crippen molar-refractivity contribution >= 4 is 29.1 Å². The lowest BCUT2D eigenvalue weighted by atomic mass is 9.95. The van der Waals surface area contributed by atoms with Crippen LogP contribution < -0.4 is 4.74 Å². The van der Waals surface area contributed by atoms with E-state index in [-0.39, 0.29) is 34.2 Å². The quantitative estimate of drug-likeness (QED) is 0.350. The van der Waals surface area contributed by atoms with Gasteiger partial charge < -0.3 is 24.3 Å². The number of benzene rings is 2. The maximum absolute atomic E-state index is 13.0. The van der Waals surface area contributed by atoms with Gasteiger partial charge in [-0.2, -0.15) is 0 Å². The van der Waals surface area contributed by atoms with Crippen molar-refractivity contribution in [3.8, 4) is 11.5 Å².